The molecule has 4 rings (SSSR count). The maximum absolute atomic E-state index is 13.2. The van der Waals surface area contributed by atoms with Crippen molar-refractivity contribution < 1.29 is 0 Å². The molecule has 23 heavy (non-hydrogen) atoms. The number of hydrogen-bond donors (Lipinski definition) is 0. The van der Waals surface area contributed by atoms with E-state index in [2.05, 4.69) is 19.1 Å². The molecular weight excluding hydrogens is 282 g/mol. The van der Waals surface area contributed by atoms with Crippen LogP contribution in [0.3, 0.4) is 0 Å². The normalized spacial score (nSPS) is 11.2. The highest BCUT2D eigenvalue weighted by Crippen LogP contribution is 2.26. The summed E-state index contributed by atoms with van der Waals surface area (Å²) in [5, 5.41) is 2.88. The molecule has 2 heteroatoms. The minimum Gasteiger partial charge on any atom is -0.276 e. The zero-order valence-corrected chi connectivity index (χ0v) is 13.0. The largest absolute Gasteiger partial charge is 0.276 e. The van der Waals surface area contributed by atoms with Crippen LogP contribution in [0.2, 0.25) is 0 Å². The minimum atomic E-state index is 0.0419. The monoisotopic (exact) mass is 299 g/mol. The van der Waals surface area contributed by atoms with Gasteiger partial charge in [-0.2, -0.15) is 0 Å². The van der Waals surface area contributed by atoms with Crippen molar-refractivity contribution in [1.82, 2.24) is 4.57 Å². The van der Waals surface area contributed by atoms with Crippen molar-refractivity contribution in [2.45, 2.75) is 13.3 Å². The highest BCUT2D eigenvalue weighted by atomic mass is 16.1. The van der Waals surface area contributed by atoms with Gasteiger partial charge in [-0.05, 0) is 35.6 Å². The lowest BCUT2D eigenvalue weighted by molar-refractivity contribution is 1.01. The van der Waals surface area contributed by atoms with Crippen molar-refractivity contribution >= 4 is 21.7 Å². The number of pyridine rings is 1. The summed E-state index contributed by atoms with van der Waals surface area (Å²) in [4.78, 5) is 13.2. The average molecular weight is 299 g/mol. The van der Waals surface area contributed by atoms with Crippen LogP contribution in [0.5, 0.6) is 0 Å². The number of fused-ring (bicyclic) bond motifs is 3. The summed E-state index contributed by atoms with van der Waals surface area (Å²) in [7, 11) is 0. The van der Waals surface area contributed by atoms with Gasteiger partial charge in [-0.1, -0.05) is 61.5 Å². The predicted molar refractivity (Wildman–Crippen MR) is 96.4 cm³/mol. The number of hydrogen-bond acceptors (Lipinski definition) is 1. The lowest BCUT2D eigenvalue weighted by Crippen LogP contribution is -2.20. The lowest BCUT2D eigenvalue weighted by atomic mass is 10.0. The Morgan fingerprint density at radius 3 is 2.13 bits per heavy atom. The SMILES string of the molecule is CCc1ccccc1-n1c(=O)c2ccccc2c2ccccc21. The molecule has 1 heterocycles. The van der Waals surface area contributed by atoms with Gasteiger partial charge in [0.05, 0.1) is 11.2 Å². The molecule has 0 aliphatic heterocycles. The molecular formula is C21H17NO. The second-order valence-electron chi connectivity index (χ2n) is 5.69. The van der Waals surface area contributed by atoms with Crippen molar-refractivity contribution in [3.05, 3.63) is 88.7 Å². The molecule has 3 aromatic carbocycles. The third-order valence-electron chi connectivity index (χ3n) is 4.41. The van der Waals surface area contributed by atoms with E-state index in [-0.39, 0.29) is 5.56 Å². The van der Waals surface area contributed by atoms with E-state index in [1.807, 2.05) is 65.2 Å². The molecule has 0 spiro atoms. The van der Waals surface area contributed by atoms with Crippen LogP contribution in [0.15, 0.2) is 77.6 Å². The number of para-hydroxylation sites is 2. The van der Waals surface area contributed by atoms with Gasteiger partial charge in [0.15, 0.2) is 0 Å². The van der Waals surface area contributed by atoms with Gasteiger partial charge in [-0.15, -0.1) is 0 Å². The van der Waals surface area contributed by atoms with Crippen molar-refractivity contribution in [2.24, 2.45) is 0 Å². The van der Waals surface area contributed by atoms with E-state index in [0.29, 0.717) is 0 Å². The van der Waals surface area contributed by atoms with Crippen molar-refractivity contribution in [3.63, 3.8) is 0 Å². The van der Waals surface area contributed by atoms with Gasteiger partial charge in [-0.25, -0.2) is 0 Å². The van der Waals surface area contributed by atoms with Crippen molar-refractivity contribution in [1.29, 1.82) is 0 Å². The molecule has 0 amide bonds. The Morgan fingerprint density at radius 1 is 0.739 bits per heavy atom. The first-order chi connectivity index (χ1) is 11.3. The van der Waals surface area contributed by atoms with Crippen molar-refractivity contribution in [3.8, 4) is 5.69 Å². The highest BCUT2D eigenvalue weighted by Gasteiger charge is 2.13. The molecule has 0 aliphatic carbocycles. The molecule has 4 aromatic rings. The molecule has 0 bridgehead atoms. The molecule has 1 aromatic heterocycles. The zero-order valence-electron chi connectivity index (χ0n) is 13.0. The number of aryl methyl sites for hydroxylation is 1. The molecule has 0 fully saturated rings. The van der Waals surface area contributed by atoms with Gasteiger partial charge in [-0.3, -0.25) is 9.36 Å². The summed E-state index contributed by atoms with van der Waals surface area (Å²) in [6.07, 6.45) is 0.893. The van der Waals surface area contributed by atoms with Crippen LogP contribution in [-0.4, -0.2) is 4.57 Å². The van der Waals surface area contributed by atoms with Crippen LogP contribution >= 0.6 is 0 Å². The fourth-order valence-electron chi connectivity index (χ4n) is 3.30. The summed E-state index contributed by atoms with van der Waals surface area (Å²) >= 11 is 0. The first-order valence-electron chi connectivity index (χ1n) is 7.92. The average Bonchev–Trinajstić information content (AvgIpc) is 2.62. The zero-order chi connectivity index (χ0) is 15.8. The predicted octanol–water partition coefficient (Wildman–Crippen LogP) is 4.71. The molecule has 2 nitrogen and oxygen atoms in total. The summed E-state index contributed by atoms with van der Waals surface area (Å²) in [5.74, 6) is 0. The topological polar surface area (TPSA) is 22.0 Å². The molecule has 0 radical (unpaired) electrons. The van der Waals surface area contributed by atoms with Gasteiger partial charge >= 0.3 is 0 Å². The summed E-state index contributed by atoms with van der Waals surface area (Å²) in [6, 6.07) is 24.1. The van der Waals surface area contributed by atoms with Crippen LogP contribution in [0.1, 0.15) is 12.5 Å². The number of nitrogens with zero attached hydrogens (tertiary/aromatic N) is 1. The third kappa shape index (κ3) is 2.07. The molecule has 0 saturated carbocycles. The van der Waals surface area contributed by atoms with Crippen LogP contribution < -0.4 is 5.56 Å². The van der Waals surface area contributed by atoms with Gasteiger partial charge in [0.2, 0.25) is 0 Å². The summed E-state index contributed by atoms with van der Waals surface area (Å²) < 4.78 is 1.86. The standard InChI is InChI=1S/C21H17NO/c1-2-15-9-3-7-13-19(15)22-20-14-8-6-11-17(20)16-10-4-5-12-18(16)21(22)23/h3-14H,2H2,1H3. The van der Waals surface area contributed by atoms with E-state index in [4.69, 9.17) is 0 Å². The molecule has 0 atom stereocenters. The molecule has 0 aliphatic rings. The summed E-state index contributed by atoms with van der Waals surface area (Å²) in [5.41, 5.74) is 3.15. The smallest absolute Gasteiger partial charge is 0.263 e. The number of benzene rings is 3. The Labute approximate surface area is 134 Å². The molecule has 0 saturated heterocycles. The highest BCUT2D eigenvalue weighted by molar-refractivity contribution is 6.06. The maximum atomic E-state index is 13.2. The molecule has 0 unspecified atom stereocenters. The van der Waals surface area contributed by atoms with Crippen LogP contribution in [0, 0.1) is 0 Å². The fraction of sp³-hybridized carbons (Fsp3) is 0.0952. The molecule has 0 N–H and O–H groups in total. The Morgan fingerprint density at radius 2 is 1.35 bits per heavy atom. The van der Waals surface area contributed by atoms with Gasteiger partial charge in [0.25, 0.3) is 5.56 Å². The van der Waals surface area contributed by atoms with E-state index >= 15 is 0 Å². The first kappa shape index (κ1) is 13.8. The maximum Gasteiger partial charge on any atom is 0.263 e. The van der Waals surface area contributed by atoms with Gasteiger partial charge < -0.3 is 0 Å². The van der Waals surface area contributed by atoms with E-state index in [0.717, 1.165) is 33.8 Å². The summed E-state index contributed by atoms with van der Waals surface area (Å²) in [6.45, 7) is 2.12. The first-order valence-corrected chi connectivity index (χ1v) is 7.92. The van der Waals surface area contributed by atoms with Crippen LogP contribution in [0.4, 0.5) is 0 Å². The fourth-order valence-corrected chi connectivity index (χ4v) is 3.30. The van der Waals surface area contributed by atoms with Gasteiger partial charge in [0.1, 0.15) is 0 Å². The Kier molecular flexibility index (Phi) is 3.23. The van der Waals surface area contributed by atoms with E-state index in [1.165, 1.54) is 5.56 Å². The third-order valence-corrected chi connectivity index (χ3v) is 4.41. The van der Waals surface area contributed by atoms with Crippen LogP contribution in [-0.2, 0) is 6.42 Å². The Bertz CT molecular complexity index is 1080. The minimum absolute atomic E-state index is 0.0419. The molecule has 112 valence electrons. The Hall–Kier alpha value is -2.87. The van der Waals surface area contributed by atoms with E-state index in [1.54, 1.807) is 0 Å². The van der Waals surface area contributed by atoms with E-state index < -0.39 is 0 Å². The second kappa shape index (κ2) is 5.40. The lowest BCUT2D eigenvalue weighted by Gasteiger charge is -2.15. The quantitative estimate of drug-likeness (QED) is 0.491. The van der Waals surface area contributed by atoms with Gasteiger partial charge in [0, 0.05) is 10.8 Å². The second-order valence-corrected chi connectivity index (χ2v) is 5.69. The number of aromatic nitrogens is 1. The van der Waals surface area contributed by atoms with E-state index in [9.17, 15) is 4.79 Å². The van der Waals surface area contributed by atoms with Crippen LogP contribution in [0.25, 0.3) is 27.4 Å². The number of rotatable bonds is 2. The Balaban J connectivity index is 2.26. The van der Waals surface area contributed by atoms with Crippen molar-refractivity contribution in [2.75, 3.05) is 0 Å².